The average molecular weight is 511 g/mol. The molecule has 15 heteroatoms. The highest BCUT2D eigenvalue weighted by Crippen LogP contribution is 2.10. The number of carboxylic acid groups (broad SMARTS) is 1. The van der Waals surface area contributed by atoms with Crippen LogP contribution in [0.3, 0.4) is 0 Å². The van der Waals surface area contributed by atoms with E-state index in [1.807, 2.05) is 0 Å². The minimum atomic E-state index is -1.64. The van der Waals surface area contributed by atoms with Gasteiger partial charge in [0.2, 0.25) is 29.5 Å². The van der Waals surface area contributed by atoms with Crippen LogP contribution in [0.1, 0.15) is 45.2 Å². The molecule has 0 spiro atoms. The second-order valence-electron chi connectivity index (χ2n) is 8.40. The number of amides is 5. The molecule has 1 aromatic heterocycles. The summed E-state index contributed by atoms with van der Waals surface area (Å²) in [6.45, 7) is 3.50. The van der Waals surface area contributed by atoms with Gasteiger partial charge in [0.15, 0.2) is 0 Å². The van der Waals surface area contributed by atoms with Crippen molar-refractivity contribution in [2.24, 2.45) is 23.1 Å². The van der Waals surface area contributed by atoms with Crippen molar-refractivity contribution in [2.45, 2.75) is 70.1 Å². The predicted octanol–water partition coefficient (Wildman–Crippen LogP) is -2.99. The molecule has 11 N–H and O–H groups in total. The van der Waals surface area contributed by atoms with Crippen LogP contribution >= 0.6 is 0 Å². The lowest BCUT2D eigenvalue weighted by molar-refractivity contribution is -0.144. The molecule has 0 aromatic carbocycles. The predicted molar refractivity (Wildman–Crippen MR) is 125 cm³/mol. The van der Waals surface area contributed by atoms with Crippen molar-refractivity contribution in [1.29, 1.82) is 0 Å². The summed E-state index contributed by atoms with van der Waals surface area (Å²) in [5, 5.41) is 16.4. The number of aliphatic carboxylic acids is 1. The third kappa shape index (κ3) is 10.1. The minimum absolute atomic E-state index is 0.140. The zero-order valence-corrected chi connectivity index (χ0v) is 20.2. The van der Waals surface area contributed by atoms with E-state index in [1.54, 1.807) is 13.8 Å². The number of nitrogens with one attached hydrogen (secondary N) is 4. The normalized spacial score (nSPS) is 15.0. The molecular formula is C21H34N8O7. The maximum atomic E-state index is 13.1. The SMILES string of the molecule is CCC(C)C(NC(=O)C(N)Cc1cnc[nH]1)C(=O)NC(CCC(N)=O)C(=O)NC(CC(N)=O)C(=O)O. The van der Waals surface area contributed by atoms with Gasteiger partial charge < -0.3 is 43.2 Å². The highest BCUT2D eigenvalue weighted by Gasteiger charge is 2.33. The Labute approximate surface area is 207 Å². The summed E-state index contributed by atoms with van der Waals surface area (Å²) in [5.74, 6) is -5.96. The molecule has 0 aliphatic carbocycles. The zero-order valence-electron chi connectivity index (χ0n) is 20.2. The molecule has 0 radical (unpaired) electrons. The Bertz CT molecular complexity index is 937. The average Bonchev–Trinajstić information content (AvgIpc) is 3.31. The number of rotatable bonds is 16. The molecule has 0 saturated heterocycles. The van der Waals surface area contributed by atoms with Gasteiger partial charge in [-0.3, -0.25) is 24.0 Å². The molecule has 0 saturated carbocycles. The second kappa shape index (κ2) is 14.4. The van der Waals surface area contributed by atoms with Gasteiger partial charge in [-0.1, -0.05) is 20.3 Å². The summed E-state index contributed by atoms with van der Waals surface area (Å²) >= 11 is 0. The first-order chi connectivity index (χ1) is 16.8. The smallest absolute Gasteiger partial charge is 0.326 e. The highest BCUT2D eigenvalue weighted by atomic mass is 16.4. The molecular weight excluding hydrogens is 476 g/mol. The summed E-state index contributed by atoms with van der Waals surface area (Å²) in [6.07, 6.45) is 2.32. The third-order valence-electron chi connectivity index (χ3n) is 5.46. The molecule has 36 heavy (non-hydrogen) atoms. The summed E-state index contributed by atoms with van der Waals surface area (Å²) in [4.78, 5) is 79.0. The Hall–Kier alpha value is -4.01. The number of aromatic nitrogens is 2. The van der Waals surface area contributed by atoms with Crippen LogP contribution in [-0.4, -0.2) is 74.7 Å². The topological polar surface area (TPSA) is 265 Å². The van der Waals surface area contributed by atoms with Crippen LogP contribution in [0, 0.1) is 5.92 Å². The molecule has 5 unspecified atom stereocenters. The Morgan fingerprint density at radius 1 is 1.00 bits per heavy atom. The number of carbonyl (C=O) groups is 6. The molecule has 5 atom stereocenters. The molecule has 0 bridgehead atoms. The first-order valence-corrected chi connectivity index (χ1v) is 11.3. The summed E-state index contributed by atoms with van der Waals surface area (Å²) in [5.41, 5.74) is 16.7. The van der Waals surface area contributed by atoms with Gasteiger partial charge in [0.1, 0.15) is 18.1 Å². The van der Waals surface area contributed by atoms with Crippen molar-refractivity contribution in [2.75, 3.05) is 0 Å². The van der Waals surface area contributed by atoms with E-state index in [0.29, 0.717) is 12.1 Å². The largest absolute Gasteiger partial charge is 0.480 e. The number of carbonyl (C=O) groups excluding carboxylic acids is 5. The molecule has 1 heterocycles. The van der Waals surface area contributed by atoms with Crippen molar-refractivity contribution in [3.05, 3.63) is 18.2 Å². The lowest BCUT2D eigenvalue weighted by atomic mass is 9.96. The molecule has 1 aromatic rings. The highest BCUT2D eigenvalue weighted by molar-refractivity contribution is 5.95. The summed E-state index contributed by atoms with van der Waals surface area (Å²) in [6, 6.07) is -5.13. The van der Waals surface area contributed by atoms with E-state index in [0.717, 1.165) is 0 Å². The number of aromatic amines is 1. The molecule has 15 nitrogen and oxygen atoms in total. The van der Waals surface area contributed by atoms with Crippen molar-refractivity contribution < 1.29 is 33.9 Å². The van der Waals surface area contributed by atoms with Crippen LogP contribution in [0.5, 0.6) is 0 Å². The fourth-order valence-electron chi connectivity index (χ4n) is 3.18. The number of imidazole rings is 1. The molecule has 0 aliphatic rings. The number of primary amides is 2. The van der Waals surface area contributed by atoms with E-state index in [9.17, 15) is 33.9 Å². The molecule has 200 valence electrons. The maximum Gasteiger partial charge on any atom is 0.326 e. The van der Waals surface area contributed by atoms with E-state index in [1.165, 1.54) is 12.5 Å². The Kier molecular flexibility index (Phi) is 12.0. The number of hydrogen-bond acceptors (Lipinski definition) is 8. The molecule has 5 amide bonds. The third-order valence-corrected chi connectivity index (χ3v) is 5.46. The van der Waals surface area contributed by atoms with E-state index >= 15 is 0 Å². The van der Waals surface area contributed by atoms with Crippen LogP contribution in [0.15, 0.2) is 12.5 Å². The first kappa shape index (κ1) is 30.0. The van der Waals surface area contributed by atoms with Gasteiger partial charge in [-0.2, -0.15) is 0 Å². The standard InChI is InChI=1S/C21H34N8O7/c1-3-10(2)17(29-18(32)12(22)6-11-8-25-9-26-11)20(34)27-13(4-5-15(23)30)19(33)28-14(21(35)36)7-16(24)31/h8-10,12-14,17H,3-7,22H2,1-2H3,(H2,23,30)(H2,24,31)(H,25,26)(H,27,34)(H,28,33)(H,29,32)(H,35,36). The van der Waals surface area contributed by atoms with Crippen LogP contribution in [0.2, 0.25) is 0 Å². The van der Waals surface area contributed by atoms with E-state index in [-0.39, 0.29) is 25.2 Å². The number of H-pyrrole nitrogens is 1. The molecule has 0 aliphatic heterocycles. The van der Waals surface area contributed by atoms with Crippen molar-refractivity contribution in [3.8, 4) is 0 Å². The van der Waals surface area contributed by atoms with Crippen LogP contribution < -0.4 is 33.2 Å². The van der Waals surface area contributed by atoms with E-state index < -0.39 is 66.1 Å². The van der Waals surface area contributed by atoms with Gasteiger partial charge in [0, 0.05) is 24.7 Å². The summed E-state index contributed by atoms with van der Waals surface area (Å²) in [7, 11) is 0. The summed E-state index contributed by atoms with van der Waals surface area (Å²) < 4.78 is 0. The zero-order chi connectivity index (χ0) is 27.4. The number of nitrogens with zero attached hydrogens (tertiary/aromatic N) is 1. The van der Waals surface area contributed by atoms with Crippen LogP contribution in [-0.2, 0) is 35.2 Å². The number of nitrogens with two attached hydrogens (primary N) is 3. The number of carboxylic acids is 1. The fourth-order valence-corrected chi connectivity index (χ4v) is 3.18. The first-order valence-electron chi connectivity index (χ1n) is 11.3. The van der Waals surface area contributed by atoms with Gasteiger partial charge in [0.25, 0.3) is 0 Å². The van der Waals surface area contributed by atoms with Gasteiger partial charge in [-0.25, -0.2) is 9.78 Å². The van der Waals surface area contributed by atoms with Crippen LogP contribution in [0.4, 0.5) is 0 Å². The minimum Gasteiger partial charge on any atom is -0.480 e. The van der Waals surface area contributed by atoms with E-state index in [4.69, 9.17) is 17.2 Å². The quantitative estimate of drug-likeness (QED) is 0.112. The maximum absolute atomic E-state index is 13.1. The van der Waals surface area contributed by atoms with E-state index in [2.05, 4.69) is 25.9 Å². The van der Waals surface area contributed by atoms with Gasteiger partial charge >= 0.3 is 5.97 Å². The Morgan fingerprint density at radius 3 is 2.14 bits per heavy atom. The van der Waals surface area contributed by atoms with Crippen molar-refractivity contribution >= 4 is 35.5 Å². The fraction of sp³-hybridized carbons (Fsp3) is 0.571. The van der Waals surface area contributed by atoms with Gasteiger partial charge in [-0.05, 0) is 12.3 Å². The van der Waals surface area contributed by atoms with Crippen molar-refractivity contribution in [3.63, 3.8) is 0 Å². The van der Waals surface area contributed by atoms with Crippen molar-refractivity contribution in [1.82, 2.24) is 25.9 Å². The lowest BCUT2D eigenvalue weighted by Gasteiger charge is -2.27. The van der Waals surface area contributed by atoms with Crippen LogP contribution in [0.25, 0.3) is 0 Å². The molecule has 0 fully saturated rings. The Balaban J connectivity index is 3.01. The Morgan fingerprint density at radius 2 is 1.64 bits per heavy atom. The monoisotopic (exact) mass is 510 g/mol. The van der Waals surface area contributed by atoms with Gasteiger partial charge in [-0.15, -0.1) is 0 Å². The van der Waals surface area contributed by atoms with Gasteiger partial charge in [0.05, 0.1) is 18.8 Å². The number of hydrogen-bond donors (Lipinski definition) is 8. The lowest BCUT2D eigenvalue weighted by Crippen LogP contribution is -2.59. The second-order valence-corrected chi connectivity index (χ2v) is 8.40. The molecule has 1 rings (SSSR count).